The van der Waals surface area contributed by atoms with E-state index in [0.717, 1.165) is 26.0 Å². The van der Waals surface area contributed by atoms with Crippen molar-refractivity contribution in [2.75, 3.05) is 19.8 Å². The summed E-state index contributed by atoms with van der Waals surface area (Å²) in [5, 5.41) is 12.1. The lowest BCUT2D eigenvalue weighted by Gasteiger charge is -2.42. The van der Waals surface area contributed by atoms with Gasteiger partial charge < -0.3 is 9.84 Å². The molecule has 3 nitrogen and oxygen atoms in total. The smallest absolute Gasteiger partial charge is 0.116 e. The number of nitrogens with one attached hydrogen (secondary N) is 1. The molecule has 0 bridgehead atoms. The van der Waals surface area contributed by atoms with Crippen LogP contribution in [0.3, 0.4) is 0 Å². The molecule has 0 aromatic carbocycles. The minimum atomic E-state index is -0.224. The van der Waals surface area contributed by atoms with Crippen molar-refractivity contribution in [3.05, 3.63) is 0 Å². The Morgan fingerprint density at radius 3 is 2.43 bits per heavy atom. The SMILES string of the molecule is CC1(C)CNC(C)(CCCO)OC1.Cl. The van der Waals surface area contributed by atoms with Crippen molar-refractivity contribution in [3.63, 3.8) is 0 Å². The Labute approximate surface area is 92.6 Å². The summed E-state index contributed by atoms with van der Waals surface area (Å²) in [4.78, 5) is 0. The van der Waals surface area contributed by atoms with Gasteiger partial charge in [0.15, 0.2) is 0 Å². The summed E-state index contributed by atoms with van der Waals surface area (Å²) < 4.78 is 5.76. The first-order valence-corrected chi connectivity index (χ1v) is 4.97. The van der Waals surface area contributed by atoms with Gasteiger partial charge in [0.1, 0.15) is 5.72 Å². The minimum absolute atomic E-state index is 0. The minimum Gasteiger partial charge on any atom is -0.396 e. The second-order valence-electron chi connectivity index (χ2n) is 4.86. The maximum Gasteiger partial charge on any atom is 0.116 e. The third-order valence-corrected chi connectivity index (χ3v) is 2.53. The van der Waals surface area contributed by atoms with Gasteiger partial charge in [0, 0.05) is 18.6 Å². The van der Waals surface area contributed by atoms with Gasteiger partial charge in [0.25, 0.3) is 0 Å². The quantitative estimate of drug-likeness (QED) is 0.763. The maximum atomic E-state index is 8.73. The highest BCUT2D eigenvalue weighted by Crippen LogP contribution is 2.26. The molecule has 0 aromatic heterocycles. The molecular weight excluding hydrogens is 202 g/mol. The van der Waals surface area contributed by atoms with E-state index in [1.807, 2.05) is 0 Å². The molecule has 0 radical (unpaired) electrons. The zero-order valence-electron chi connectivity index (χ0n) is 9.30. The van der Waals surface area contributed by atoms with Crippen LogP contribution in [0.25, 0.3) is 0 Å². The molecule has 0 aromatic rings. The van der Waals surface area contributed by atoms with E-state index < -0.39 is 0 Å². The van der Waals surface area contributed by atoms with Crippen LogP contribution in [0.15, 0.2) is 0 Å². The molecule has 1 atom stereocenters. The summed E-state index contributed by atoms with van der Waals surface area (Å²) in [6.45, 7) is 8.44. The Hall–Kier alpha value is 0.170. The van der Waals surface area contributed by atoms with Crippen LogP contribution in [0, 0.1) is 5.41 Å². The third-order valence-electron chi connectivity index (χ3n) is 2.53. The summed E-state index contributed by atoms with van der Waals surface area (Å²) in [5.41, 5.74) is 0.0109. The van der Waals surface area contributed by atoms with Crippen LogP contribution in [0.4, 0.5) is 0 Å². The van der Waals surface area contributed by atoms with Crippen LogP contribution in [0.5, 0.6) is 0 Å². The molecule has 0 saturated carbocycles. The van der Waals surface area contributed by atoms with E-state index in [1.165, 1.54) is 0 Å². The second-order valence-corrected chi connectivity index (χ2v) is 4.86. The third kappa shape index (κ3) is 4.13. The molecule has 1 aliphatic heterocycles. The Kier molecular flexibility index (Phi) is 5.37. The van der Waals surface area contributed by atoms with Crippen LogP contribution >= 0.6 is 12.4 Å². The predicted octanol–water partition coefficient (Wildman–Crippen LogP) is 1.54. The average Bonchev–Trinajstić information content (AvgIpc) is 2.08. The molecule has 1 rings (SSSR count). The highest BCUT2D eigenvalue weighted by molar-refractivity contribution is 5.85. The van der Waals surface area contributed by atoms with Crippen LogP contribution in [0.2, 0.25) is 0 Å². The number of rotatable bonds is 3. The Morgan fingerprint density at radius 2 is 2.00 bits per heavy atom. The number of hydrogen-bond donors (Lipinski definition) is 2. The molecule has 1 unspecified atom stereocenters. The topological polar surface area (TPSA) is 41.5 Å². The van der Waals surface area contributed by atoms with Crippen molar-refractivity contribution in [1.29, 1.82) is 0 Å². The van der Waals surface area contributed by atoms with Gasteiger partial charge in [-0.2, -0.15) is 0 Å². The molecule has 1 saturated heterocycles. The lowest BCUT2D eigenvalue weighted by atomic mass is 9.91. The molecule has 86 valence electrons. The first-order valence-electron chi connectivity index (χ1n) is 4.97. The lowest BCUT2D eigenvalue weighted by molar-refractivity contribution is -0.131. The molecule has 2 N–H and O–H groups in total. The summed E-state index contributed by atoms with van der Waals surface area (Å²) in [6, 6.07) is 0. The number of hydrogen-bond acceptors (Lipinski definition) is 3. The monoisotopic (exact) mass is 223 g/mol. The van der Waals surface area contributed by atoms with E-state index in [2.05, 4.69) is 26.1 Å². The van der Waals surface area contributed by atoms with Crippen molar-refractivity contribution < 1.29 is 9.84 Å². The molecule has 4 heteroatoms. The summed E-state index contributed by atoms with van der Waals surface area (Å²) in [7, 11) is 0. The Bertz CT molecular complexity index is 164. The highest BCUT2D eigenvalue weighted by atomic mass is 35.5. The van der Waals surface area contributed by atoms with E-state index in [1.54, 1.807) is 0 Å². The van der Waals surface area contributed by atoms with Crippen molar-refractivity contribution in [1.82, 2.24) is 5.32 Å². The summed E-state index contributed by atoms with van der Waals surface area (Å²) >= 11 is 0. The van der Waals surface area contributed by atoms with Crippen LogP contribution in [-0.4, -0.2) is 30.6 Å². The zero-order chi connectivity index (χ0) is 9.95. The second kappa shape index (κ2) is 5.31. The van der Waals surface area contributed by atoms with Gasteiger partial charge in [-0.05, 0) is 19.8 Å². The molecular formula is C10H22ClNO2. The van der Waals surface area contributed by atoms with Gasteiger partial charge in [-0.25, -0.2) is 0 Å². The van der Waals surface area contributed by atoms with E-state index in [-0.39, 0.29) is 30.2 Å². The molecule has 14 heavy (non-hydrogen) atoms. The number of ether oxygens (including phenoxy) is 1. The van der Waals surface area contributed by atoms with Crippen LogP contribution in [-0.2, 0) is 4.74 Å². The maximum absolute atomic E-state index is 8.73. The largest absolute Gasteiger partial charge is 0.396 e. The Balaban J connectivity index is 0.00000169. The molecule has 1 aliphatic rings. The van der Waals surface area contributed by atoms with E-state index in [9.17, 15) is 0 Å². The lowest BCUT2D eigenvalue weighted by Crippen LogP contribution is -2.55. The summed E-state index contributed by atoms with van der Waals surface area (Å²) in [6.07, 6.45) is 1.67. The molecule has 0 aliphatic carbocycles. The Morgan fingerprint density at radius 1 is 1.36 bits per heavy atom. The van der Waals surface area contributed by atoms with Crippen molar-refractivity contribution in [2.24, 2.45) is 5.41 Å². The van der Waals surface area contributed by atoms with Gasteiger partial charge in [0.05, 0.1) is 6.61 Å². The average molecular weight is 224 g/mol. The fourth-order valence-corrected chi connectivity index (χ4v) is 1.46. The number of aliphatic hydroxyl groups excluding tert-OH is 1. The van der Waals surface area contributed by atoms with Gasteiger partial charge >= 0.3 is 0 Å². The zero-order valence-corrected chi connectivity index (χ0v) is 10.1. The van der Waals surface area contributed by atoms with Gasteiger partial charge in [-0.3, -0.25) is 5.32 Å². The normalized spacial score (nSPS) is 30.9. The first kappa shape index (κ1) is 14.2. The molecule has 1 heterocycles. The fraction of sp³-hybridized carbons (Fsp3) is 1.00. The first-order chi connectivity index (χ1) is 5.97. The molecule has 0 spiro atoms. The summed E-state index contributed by atoms with van der Waals surface area (Å²) in [5.74, 6) is 0. The highest BCUT2D eigenvalue weighted by Gasteiger charge is 2.34. The predicted molar refractivity (Wildman–Crippen MR) is 59.7 cm³/mol. The molecule has 0 amide bonds. The van der Waals surface area contributed by atoms with E-state index in [0.29, 0.717) is 0 Å². The van der Waals surface area contributed by atoms with Crippen molar-refractivity contribution in [2.45, 2.75) is 39.3 Å². The van der Waals surface area contributed by atoms with Crippen molar-refractivity contribution in [3.8, 4) is 0 Å². The fourth-order valence-electron chi connectivity index (χ4n) is 1.46. The standard InChI is InChI=1S/C10H21NO2.ClH/c1-9(2)7-11-10(3,13-8-9)5-4-6-12;/h11-12H,4-8H2,1-3H3;1H. The van der Waals surface area contributed by atoms with Gasteiger partial charge in [-0.15, -0.1) is 12.4 Å². The van der Waals surface area contributed by atoms with Crippen LogP contribution < -0.4 is 5.32 Å². The molecule has 1 fully saturated rings. The van der Waals surface area contributed by atoms with Gasteiger partial charge in [-0.1, -0.05) is 13.8 Å². The van der Waals surface area contributed by atoms with E-state index in [4.69, 9.17) is 9.84 Å². The number of halogens is 1. The van der Waals surface area contributed by atoms with Gasteiger partial charge in [0.2, 0.25) is 0 Å². The van der Waals surface area contributed by atoms with Crippen LogP contribution in [0.1, 0.15) is 33.6 Å². The number of aliphatic hydroxyl groups is 1. The van der Waals surface area contributed by atoms with Crippen molar-refractivity contribution >= 4 is 12.4 Å². The van der Waals surface area contributed by atoms with E-state index >= 15 is 0 Å².